The van der Waals surface area contributed by atoms with Crippen molar-refractivity contribution in [3.05, 3.63) is 29.0 Å². The fraction of sp³-hybridized carbons (Fsp3) is 0.429. The lowest BCUT2D eigenvalue weighted by Gasteiger charge is -2.28. The predicted octanol–water partition coefficient (Wildman–Crippen LogP) is 3.37. The highest BCUT2D eigenvalue weighted by Gasteiger charge is 2.19. The molecule has 4 nitrogen and oxygen atoms in total. The summed E-state index contributed by atoms with van der Waals surface area (Å²) in [4.78, 5) is 8.82. The van der Waals surface area contributed by atoms with E-state index < -0.39 is 0 Å². The van der Waals surface area contributed by atoms with Crippen LogP contribution in [-0.2, 0) is 4.74 Å². The molecular formula is C14H16BrN3O. The molecule has 2 atom stereocenters. The highest BCUT2D eigenvalue weighted by Crippen LogP contribution is 2.25. The first-order valence-corrected chi connectivity index (χ1v) is 7.30. The highest BCUT2D eigenvalue weighted by atomic mass is 79.9. The van der Waals surface area contributed by atoms with Crippen LogP contribution in [0.3, 0.4) is 0 Å². The number of nitrogens with one attached hydrogen (secondary N) is 1. The molecule has 0 spiro atoms. The lowest BCUT2D eigenvalue weighted by Crippen LogP contribution is -2.32. The van der Waals surface area contributed by atoms with Gasteiger partial charge in [0.05, 0.1) is 17.3 Å². The van der Waals surface area contributed by atoms with Crippen LogP contribution in [0.1, 0.15) is 19.8 Å². The van der Waals surface area contributed by atoms with Crippen LogP contribution in [0.5, 0.6) is 0 Å². The SMILES string of the molecule is CC1CC(Nc2ccnc3cc(Br)cnc23)CCO1. The van der Waals surface area contributed by atoms with Crippen molar-refractivity contribution in [2.45, 2.75) is 31.9 Å². The van der Waals surface area contributed by atoms with Gasteiger partial charge in [0, 0.05) is 29.5 Å². The number of rotatable bonds is 2. The molecule has 1 N–H and O–H groups in total. The molecule has 2 aromatic rings. The summed E-state index contributed by atoms with van der Waals surface area (Å²) < 4.78 is 6.52. The van der Waals surface area contributed by atoms with Crippen LogP contribution in [0, 0.1) is 0 Å². The smallest absolute Gasteiger partial charge is 0.112 e. The van der Waals surface area contributed by atoms with Crippen molar-refractivity contribution >= 4 is 32.7 Å². The van der Waals surface area contributed by atoms with Gasteiger partial charge >= 0.3 is 0 Å². The number of hydrogen-bond donors (Lipinski definition) is 1. The van der Waals surface area contributed by atoms with E-state index in [0.29, 0.717) is 12.1 Å². The highest BCUT2D eigenvalue weighted by molar-refractivity contribution is 9.10. The summed E-state index contributed by atoms with van der Waals surface area (Å²) in [5, 5.41) is 3.58. The Morgan fingerprint density at radius 2 is 2.32 bits per heavy atom. The van der Waals surface area contributed by atoms with E-state index in [1.165, 1.54) is 0 Å². The number of pyridine rings is 2. The summed E-state index contributed by atoms with van der Waals surface area (Å²) in [6.07, 6.45) is 6.01. The van der Waals surface area contributed by atoms with Crippen LogP contribution in [0.4, 0.5) is 5.69 Å². The topological polar surface area (TPSA) is 47.0 Å². The first kappa shape index (κ1) is 12.8. The van der Waals surface area contributed by atoms with Crippen molar-refractivity contribution in [1.29, 1.82) is 0 Å². The molecule has 0 radical (unpaired) electrons. The van der Waals surface area contributed by atoms with E-state index in [1.807, 2.05) is 24.5 Å². The molecule has 1 saturated heterocycles. The van der Waals surface area contributed by atoms with E-state index in [2.05, 4.69) is 38.1 Å². The van der Waals surface area contributed by atoms with Gasteiger partial charge in [-0.3, -0.25) is 9.97 Å². The van der Waals surface area contributed by atoms with Crippen LogP contribution >= 0.6 is 15.9 Å². The normalized spacial score (nSPS) is 23.5. The van der Waals surface area contributed by atoms with E-state index in [4.69, 9.17) is 4.74 Å². The Morgan fingerprint density at radius 3 is 3.16 bits per heavy atom. The number of halogens is 1. The van der Waals surface area contributed by atoms with Gasteiger partial charge in [-0.15, -0.1) is 0 Å². The fourth-order valence-electron chi connectivity index (χ4n) is 2.47. The van der Waals surface area contributed by atoms with Crippen LogP contribution in [0.2, 0.25) is 0 Å². The third-order valence-corrected chi connectivity index (χ3v) is 3.82. The third kappa shape index (κ3) is 2.87. The average molecular weight is 322 g/mol. The number of aromatic nitrogens is 2. The molecule has 0 bridgehead atoms. The minimum absolute atomic E-state index is 0.321. The van der Waals surface area contributed by atoms with Gasteiger partial charge in [-0.2, -0.15) is 0 Å². The summed E-state index contributed by atoms with van der Waals surface area (Å²) in [7, 11) is 0. The summed E-state index contributed by atoms with van der Waals surface area (Å²) >= 11 is 3.42. The van der Waals surface area contributed by atoms with Crippen molar-refractivity contribution in [3.63, 3.8) is 0 Å². The quantitative estimate of drug-likeness (QED) is 0.921. The molecule has 1 aliphatic rings. The second-order valence-corrected chi connectivity index (χ2v) is 5.84. The van der Waals surface area contributed by atoms with E-state index in [-0.39, 0.29) is 0 Å². The van der Waals surface area contributed by atoms with Crippen molar-refractivity contribution in [1.82, 2.24) is 9.97 Å². The van der Waals surface area contributed by atoms with Gasteiger partial charge in [0.1, 0.15) is 5.52 Å². The van der Waals surface area contributed by atoms with Crippen LogP contribution in [0.25, 0.3) is 11.0 Å². The Balaban J connectivity index is 1.88. The Labute approximate surface area is 120 Å². The Kier molecular flexibility index (Phi) is 3.66. The molecule has 0 aromatic carbocycles. The average Bonchev–Trinajstić information content (AvgIpc) is 2.38. The Hall–Kier alpha value is -1.20. The van der Waals surface area contributed by atoms with Crippen LogP contribution < -0.4 is 5.32 Å². The van der Waals surface area contributed by atoms with Gasteiger partial charge in [-0.05, 0) is 47.8 Å². The summed E-state index contributed by atoms with van der Waals surface area (Å²) in [5.74, 6) is 0. The Morgan fingerprint density at radius 1 is 1.42 bits per heavy atom. The first-order valence-electron chi connectivity index (χ1n) is 6.51. The predicted molar refractivity (Wildman–Crippen MR) is 79.3 cm³/mol. The standard InChI is InChI=1S/C14H16BrN3O/c1-9-6-11(3-5-19-9)18-12-2-4-16-13-7-10(15)8-17-14(12)13/h2,4,7-9,11H,3,5-6H2,1H3,(H,16,18). The lowest BCUT2D eigenvalue weighted by atomic mass is 10.0. The molecule has 5 heteroatoms. The zero-order valence-corrected chi connectivity index (χ0v) is 12.4. The molecule has 0 aliphatic carbocycles. The van der Waals surface area contributed by atoms with E-state index in [0.717, 1.165) is 40.6 Å². The van der Waals surface area contributed by atoms with Crippen molar-refractivity contribution in [3.8, 4) is 0 Å². The van der Waals surface area contributed by atoms with Gasteiger partial charge in [-0.1, -0.05) is 0 Å². The van der Waals surface area contributed by atoms with Crippen molar-refractivity contribution < 1.29 is 4.74 Å². The van der Waals surface area contributed by atoms with Crippen LogP contribution in [0.15, 0.2) is 29.0 Å². The zero-order chi connectivity index (χ0) is 13.2. The number of nitrogens with zero attached hydrogens (tertiary/aromatic N) is 2. The number of anilines is 1. The van der Waals surface area contributed by atoms with E-state index in [9.17, 15) is 0 Å². The zero-order valence-electron chi connectivity index (χ0n) is 10.8. The maximum Gasteiger partial charge on any atom is 0.112 e. The fourth-order valence-corrected chi connectivity index (χ4v) is 2.79. The molecule has 0 saturated carbocycles. The largest absolute Gasteiger partial charge is 0.380 e. The third-order valence-electron chi connectivity index (χ3n) is 3.39. The van der Waals surface area contributed by atoms with Gasteiger partial charge in [0.15, 0.2) is 0 Å². The maximum absolute atomic E-state index is 5.57. The minimum Gasteiger partial charge on any atom is -0.380 e. The summed E-state index contributed by atoms with van der Waals surface area (Å²) in [6.45, 7) is 2.94. The molecule has 19 heavy (non-hydrogen) atoms. The van der Waals surface area contributed by atoms with Crippen molar-refractivity contribution in [2.75, 3.05) is 11.9 Å². The second-order valence-electron chi connectivity index (χ2n) is 4.93. The maximum atomic E-state index is 5.57. The number of hydrogen-bond acceptors (Lipinski definition) is 4. The molecular weight excluding hydrogens is 306 g/mol. The molecule has 1 aliphatic heterocycles. The molecule has 2 aromatic heterocycles. The lowest BCUT2D eigenvalue weighted by molar-refractivity contribution is 0.0232. The number of fused-ring (bicyclic) bond motifs is 1. The summed E-state index contributed by atoms with van der Waals surface area (Å²) in [6, 6.07) is 4.42. The molecule has 100 valence electrons. The molecule has 3 heterocycles. The van der Waals surface area contributed by atoms with Crippen LogP contribution in [-0.4, -0.2) is 28.7 Å². The molecule has 1 fully saturated rings. The van der Waals surface area contributed by atoms with Gasteiger partial charge in [0.25, 0.3) is 0 Å². The molecule has 3 rings (SSSR count). The Bertz CT molecular complexity index is 590. The van der Waals surface area contributed by atoms with Gasteiger partial charge in [0.2, 0.25) is 0 Å². The van der Waals surface area contributed by atoms with Crippen molar-refractivity contribution in [2.24, 2.45) is 0 Å². The molecule has 2 unspecified atom stereocenters. The summed E-state index contributed by atoms with van der Waals surface area (Å²) in [5.41, 5.74) is 2.88. The minimum atomic E-state index is 0.321. The first-order chi connectivity index (χ1) is 9.22. The van der Waals surface area contributed by atoms with E-state index in [1.54, 1.807) is 0 Å². The molecule has 0 amide bonds. The number of ether oxygens (including phenoxy) is 1. The second kappa shape index (κ2) is 5.43. The van der Waals surface area contributed by atoms with Gasteiger partial charge < -0.3 is 10.1 Å². The van der Waals surface area contributed by atoms with Gasteiger partial charge in [-0.25, -0.2) is 0 Å². The van der Waals surface area contributed by atoms with E-state index >= 15 is 0 Å². The monoisotopic (exact) mass is 321 g/mol.